The number of hydrogen-bond acceptors (Lipinski definition) is 3. The molecule has 0 unspecified atom stereocenters. The quantitative estimate of drug-likeness (QED) is 0.766. The number of carbonyl (C=O) groups excluding carboxylic acids is 1. The summed E-state index contributed by atoms with van der Waals surface area (Å²) >= 11 is 0. The fourth-order valence-electron chi connectivity index (χ4n) is 1.03. The Bertz CT molecular complexity index is 313. The Morgan fingerprint density at radius 2 is 2.36 bits per heavy atom. The van der Waals surface area contributed by atoms with Crippen molar-refractivity contribution in [2.24, 2.45) is 5.73 Å². The molecule has 4 heteroatoms. The van der Waals surface area contributed by atoms with Crippen LogP contribution in [0.3, 0.4) is 0 Å². The first-order valence-electron chi connectivity index (χ1n) is 4.43. The van der Waals surface area contributed by atoms with Crippen molar-refractivity contribution in [3.63, 3.8) is 0 Å². The van der Waals surface area contributed by atoms with E-state index in [2.05, 4.69) is 5.32 Å². The van der Waals surface area contributed by atoms with Crippen molar-refractivity contribution in [2.45, 2.75) is 6.92 Å². The molecule has 0 saturated heterocycles. The standard InChI is InChI=1S/C10H14N2O2/c1-8-3-2-4-9(7-8)12-10(13)14-6-5-11/h2-4,7H,5-6,11H2,1H3,(H,12,13). The van der Waals surface area contributed by atoms with Gasteiger partial charge in [0.25, 0.3) is 0 Å². The molecule has 0 saturated carbocycles. The normalized spacial score (nSPS) is 9.57. The van der Waals surface area contributed by atoms with Crippen LogP contribution in [0.2, 0.25) is 0 Å². The van der Waals surface area contributed by atoms with Crippen LogP contribution in [-0.2, 0) is 4.74 Å². The zero-order valence-electron chi connectivity index (χ0n) is 8.12. The van der Waals surface area contributed by atoms with Gasteiger partial charge in [0.1, 0.15) is 6.61 Å². The summed E-state index contributed by atoms with van der Waals surface area (Å²) in [5, 5.41) is 2.60. The summed E-state index contributed by atoms with van der Waals surface area (Å²) < 4.78 is 4.76. The van der Waals surface area contributed by atoms with Crippen molar-refractivity contribution in [1.82, 2.24) is 0 Å². The molecule has 76 valence electrons. The van der Waals surface area contributed by atoms with Crippen molar-refractivity contribution in [2.75, 3.05) is 18.5 Å². The summed E-state index contributed by atoms with van der Waals surface area (Å²) in [6.07, 6.45) is -0.471. The van der Waals surface area contributed by atoms with Gasteiger partial charge in [0, 0.05) is 12.2 Å². The number of nitrogens with two attached hydrogens (primary N) is 1. The van der Waals surface area contributed by atoms with E-state index in [0.717, 1.165) is 11.3 Å². The molecule has 0 heterocycles. The number of hydrogen-bond donors (Lipinski definition) is 2. The summed E-state index contributed by atoms with van der Waals surface area (Å²) in [4.78, 5) is 11.1. The van der Waals surface area contributed by atoms with E-state index in [9.17, 15) is 4.79 Å². The van der Waals surface area contributed by atoms with E-state index >= 15 is 0 Å². The molecule has 0 spiro atoms. The lowest BCUT2D eigenvalue weighted by Crippen LogP contribution is -2.18. The van der Waals surface area contributed by atoms with Crippen LogP contribution in [0.5, 0.6) is 0 Å². The lowest BCUT2D eigenvalue weighted by atomic mass is 10.2. The zero-order valence-corrected chi connectivity index (χ0v) is 8.12. The van der Waals surface area contributed by atoms with Gasteiger partial charge in [-0.15, -0.1) is 0 Å². The minimum atomic E-state index is -0.471. The van der Waals surface area contributed by atoms with Gasteiger partial charge < -0.3 is 10.5 Å². The van der Waals surface area contributed by atoms with Gasteiger partial charge in [-0.05, 0) is 24.6 Å². The summed E-state index contributed by atoms with van der Waals surface area (Å²) in [5.74, 6) is 0. The molecule has 0 aromatic heterocycles. The Kier molecular flexibility index (Phi) is 3.94. The first-order chi connectivity index (χ1) is 6.72. The van der Waals surface area contributed by atoms with Gasteiger partial charge in [0.15, 0.2) is 0 Å². The predicted octanol–water partition coefficient (Wildman–Crippen LogP) is 1.50. The first kappa shape index (κ1) is 10.5. The second kappa shape index (κ2) is 5.24. The van der Waals surface area contributed by atoms with E-state index in [1.807, 2.05) is 25.1 Å². The van der Waals surface area contributed by atoms with E-state index in [1.54, 1.807) is 6.07 Å². The maximum absolute atomic E-state index is 11.1. The number of carbonyl (C=O) groups is 1. The van der Waals surface area contributed by atoms with Gasteiger partial charge in [0.2, 0.25) is 0 Å². The largest absolute Gasteiger partial charge is 0.448 e. The fraction of sp³-hybridized carbons (Fsp3) is 0.300. The molecule has 0 bridgehead atoms. The van der Waals surface area contributed by atoms with Gasteiger partial charge in [-0.1, -0.05) is 12.1 Å². The van der Waals surface area contributed by atoms with Gasteiger partial charge in [-0.3, -0.25) is 5.32 Å². The smallest absolute Gasteiger partial charge is 0.411 e. The average Bonchev–Trinajstić information content (AvgIpc) is 2.15. The van der Waals surface area contributed by atoms with Crippen LogP contribution in [-0.4, -0.2) is 19.2 Å². The highest BCUT2D eigenvalue weighted by molar-refractivity contribution is 5.84. The van der Waals surface area contributed by atoms with E-state index in [1.165, 1.54) is 0 Å². The summed E-state index contributed by atoms with van der Waals surface area (Å²) in [7, 11) is 0. The van der Waals surface area contributed by atoms with Crippen LogP contribution < -0.4 is 11.1 Å². The molecule has 0 aliphatic rings. The number of nitrogens with one attached hydrogen (secondary N) is 1. The summed E-state index contributed by atoms with van der Waals surface area (Å²) in [6, 6.07) is 7.49. The highest BCUT2D eigenvalue weighted by Crippen LogP contribution is 2.09. The van der Waals surface area contributed by atoms with Gasteiger partial charge in [-0.2, -0.15) is 0 Å². The van der Waals surface area contributed by atoms with Crippen LogP contribution in [0.4, 0.5) is 10.5 Å². The highest BCUT2D eigenvalue weighted by Gasteiger charge is 2.01. The molecule has 4 nitrogen and oxygen atoms in total. The Morgan fingerprint density at radius 3 is 3.00 bits per heavy atom. The van der Waals surface area contributed by atoms with Crippen molar-refractivity contribution in [3.8, 4) is 0 Å². The number of amides is 1. The Morgan fingerprint density at radius 1 is 1.57 bits per heavy atom. The maximum Gasteiger partial charge on any atom is 0.411 e. The second-order valence-corrected chi connectivity index (χ2v) is 2.92. The van der Waals surface area contributed by atoms with Crippen molar-refractivity contribution < 1.29 is 9.53 Å². The maximum atomic E-state index is 11.1. The van der Waals surface area contributed by atoms with E-state index < -0.39 is 6.09 Å². The van der Waals surface area contributed by atoms with E-state index in [0.29, 0.717) is 6.54 Å². The minimum absolute atomic E-state index is 0.234. The molecule has 0 radical (unpaired) electrons. The van der Waals surface area contributed by atoms with Crippen molar-refractivity contribution in [1.29, 1.82) is 0 Å². The van der Waals surface area contributed by atoms with Gasteiger partial charge in [0.05, 0.1) is 0 Å². The zero-order chi connectivity index (χ0) is 10.4. The third-order valence-corrected chi connectivity index (χ3v) is 1.62. The van der Waals surface area contributed by atoms with Crippen molar-refractivity contribution >= 4 is 11.8 Å². The van der Waals surface area contributed by atoms with Crippen LogP contribution >= 0.6 is 0 Å². The molecule has 14 heavy (non-hydrogen) atoms. The van der Waals surface area contributed by atoms with Crippen LogP contribution in [0.25, 0.3) is 0 Å². The van der Waals surface area contributed by atoms with E-state index in [-0.39, 0.29) is 6.61 Å². The third-order valence-electron chi connectivity index (χ3n) is 1.62. The van der Waals surface area contributed by atoms with Gasteiger partial charge >= 0.3 is 6.09 Å². The summed E-state index contributed by atoms with van der Waals surface area (Å²) in [5.41, 5.74) is 7.00. The minimum Gasteiger partial charge on any atom is -0.448 e. The monoisotopic (exact) mass is 194 g/mol. The second-order valence-electron chi connectivity index (χ2n) is 2.92. The van der Waals surface area contributed by atoms with Crippen LogP contribution in [0.15, 0.2) is 24.3 Å². The Labute approximate surface area is 83.1 Å². The topological polar surface area (TPSA) is 64.3 Å². The molecule has 1 aromatic carbocycles. The number of anilines is 1. The lowest BCUT2D eigenvalue weighted by molar-refractivity contribution is 0.165. The molecule has 1 aromatic rings. The highest BCUT2D eigenvalue weighted by atomic mass is 16.5. The summed E-state index contributed by atoms with van der Waals surface area (Å²) in [6.45, 7) is 2.52. The number of ether oxygens (including phenoxy) is 1. The van der Waals surface area contributed by atoms with E-state index in [4.69, 9.17) is 10.5 Å². The molecule has 0 aliphatic carbocycles. The molecule has 0 aliphatic heterocycles. The molecule has 3 N–H and O–H groups in total. The molecule has 1 amide bonds. The predicted molar refractivity (Wildman–Crippen MR) is 55.2 cm³/mol. The fourth-order valence-corrected chi connectivity index (χ4v) is 1.03. The van der Waals surface area contributed by atoms with Gasteiger partial charge in [-0.25, -0.2) is 4.79 Å². The third kappa shape index (κ3) is 3.45. The van der Waals surface area contributed by atoms with Crippen molar-refractivity contribution in [3.05, 3.63) is 29.8 Å². The molecular weight excluding hydrogens is 180 g/mol. The molecule has 0 atom stereocenters. The number of rotatable bonds is 3. The SMILES string of the molecule is Cc1cccc(NC(=O)OCCN)c1. The molecule has 1 rings (SSSR count). The molecule has 0 fully saturated rings. The van der Waals surface area contributed by atoms with Crippen LogP contribution in [0, 0.1) is 6.92 Å². The number of aryl methyl sites for hydroxylation is 1. The van der Waals surface area contributed by atoms with Crippen LogP contribution in [0.1, 0.15) is 5.56 Å². The lowest BCUT2D eigenvalue weighted by Gasteiger charge is -2.05. The Balaban J connectivity index is 2.47. The first-order valence-corrected chi connectivity index (χ1v) is 4.43. The number of benzene rings is 1. The molecular formula is C10H14N2O2. The Hall–Kier alpha value is -1.55. The average molecular weight is 194 g/mol.